The zero-order valence-corrected chi connectivity index (χ0v) is 15.7. The largest absolute Gasteiger partial charge is 0.452 e. The molecule has 0 atom stereocenters. The standard InChI is InChI=1S/C18H19ClN4O3/c1-11-14(15(19)23(21-11)12-8-6-5-7-9-12)16(24)25-10-13-20-17(22-26-13)18(2,3)4/h5-9H,10H2,1-4H3. The Morgan fingerprint density at radius 2 is 1.96 bits per heavy atom. The Labute approximate surface area is 155 Å². The molecule has 2 heterocycles. The summed E-state index contributed by atoms with van der Waals surface area (Å²) in [7, 11) is 0. The molecule has 0 aliphatic rings. The summed E-state index contributed by atoms with van der Waals surface area (Å²) in [6.07, 6.45) is 0. The van der Waals surface area contributed by atoms with Crippen molar-refractivity contribution in [2.45, 2.75) is 39.7 Å². The van der Waals surface area contributed by atoms with Crippen LogP contribution in [0.1, 0.15) is 48.5 Å². The lowest BCUT2D eigenvalue weighted by Gasteiger charge is -2.10. The second kappa shape index (κ2) is 6.92. The smallest absolute Gasteiger partial charge is 0.343 e. The number of hydrogen-bond acceptors (Lipinski definition) is 6. The van der Waals surface area contributed by atoms with E-state index in [2.05, 4.69) is 15.2 Å². The maximum absolute atomic E-state index is 12.5. The van der Waals surface area contributed by atoms with Gasteiger partial charge >= 0.3 is 5.97 Å². The molecule has 0 spiro atoms. The molecule has 0 bridgehead atoms. The van der Waals surface area contributed by atoms with E-state index in [1.54, 1.807) is 6.92 Å². The van der Waals surface area contributed by atoms with Gasteiger partial charge < -0.3 is 9.26 Å². The van der Waals surface area contributed by atoms with Crippen molar-refractivity contribution in [3.8, 4) is 5.69 Å². The zero-order valence-electron chi connectivity index (χ0n) is 15.0. The highest BCUT2D eigenvalue weighted by atomic mass is 35.5. The van der Waals surface area contributed by atoms with Crippen molar-refractivity contribution < 1.29 is 14.1 Å². The average molecular weight is 375 g/mol. The molecule has 7 nitrogen and oxygen atoms in total. The highest BCUT2D eigenvalue weighted by Gasteiger charge is 2.24. The van der Waals surface area contributed by atoms with Crippen LogP contribution in [0.4, 0.5) is 0 Å². The third-order valence-corrected chi connectivity index (χ3v) is 4.02. The minimum absolute atomic E-state index is 0.131. The number of hydrogen-bond donors (Lipinski definition) is 0. The van der Waals surface area contributed by atoms with Crippen molar-refractivity contribution in [3.63, 3.8) is 0 Å². The predicted octanol–water partition coefficient (Wildman–Crippen LogP) is 3.87. The van der Waals surface area contributed by atoms with Crippen LogP contribution in [-0.4, -0.2) is 25.9 Å². The second-order valence-corrected chi connectivity index (χ2v) is 7.19. The number of esters is 1. The number of nitrogens with zero attached hydrogens (tertiary/aromatic N) is 4. The van der Waals surface area contributed by atoms with E-state index in [-0.39, 0.29) is 28.6 Å². The Hall–Kier alpha value is -2.67. The third-order valence-electron chi connectivity index (χ3n) is 3.67. The first-order valence-corrected chi connectivity index (χ1v) is 8.46. The van der Waals surface area contributed by atoms with Gasteiger partial charge in [-0.2, -0.15) is 10.1 Å². The molecule has 26 heavy (non-hydrogen) atoms. The maximum atomic E-state index is 12.5. The molecule has 8 heteroatoms. The van der Waals surface area contributed by atoms with Crippen LogP contribution in [0.25, 0.3) is 5.69 Å². The van der Waals surface area contributed by atoms with Crippen LogP contribution in [0.5, 0.6) is 0 Å². The highest BCUT2D eigenvalue weighted by molar-refractivity contribution is 6.33. The number of carbonyl (C=O) groups is 1. The Morgan fingerprint density at radius 1 is 1.27 bits per heavy atom. The Bertz CT molecular complexity index is 926. The monoisotopic (exact) mass is 374 g/mol. The first kappa shape index (κ1) is 18.1. The van der Waals surface area contributed by atoms with E-state index < -0.39 is 5.97 Å². The van der Waals surface area contributed by atoms with Gasteiger partial charge in [0.2, 0.25) is 0 Å². The average Bonchev–Trinajstić information content (AvgIpc) is 3.18. The predicted molar refractivity (Wildman–Crippen MR) is 95.4 cm³/mol. The number of rotatable bonds is 4. The number of halogens is 1. The number of carbonyl (C=O) groups excluding carboxylic acids is 1. The van der Waals surface area contributed by atoms with E-state index >= 15 is 0 Å². The fourth-order valence-corrected chi connectivity index (χ4v) is 2.64. The van der Waals surface area contributed by atoms with Gasteiger partial charge in [-0.05, 0) is 19.1 Å². The lowest BCUT2D eigenvalue weighted by Crippen LogP contribution is -2.13. The number of benzene rings is 1. The summed E-state index contributed by atoms with van der Waals surface area (Å²) >= 11 is 6.35. The number of aromatic nitrogens is 4. The van der Waals surface area contributed by atoms with Crippen molar-refractivity contribution in [2.24, 2.45) is 0 Å². The summed E-state index contributed by atoms with van der Waals surface area (Å²) in [6.45, 7) is 7.47. The van der Waals surface area contributed by atoms with Crippen molar-refractivity contribution in [1.29, 1.82) is 0 Å². The van der Waals surface area contributed by atoms with E-state index in [9.17, 15) is 4.79 Å². The van der Waals surface area contributed by atoms with Gasteiger partial charge in [0.15, 0.2) is 12.4 Å². The van der Waals surface area contributed by atoms with E-state index in [0.29, 0.717) is 11.5 Å². The lowest BCUT2D eigenvalue weighted by atomic mass is 9.96. The molecule has 0 saturated heterocycles. The lowest BCUT2D eigenvalue weighted by molar-refractivity contribution is 0.0429. The number of aryl methyl sites for hydroxylation is 1. The molecule has 0 saturated carbocycles. The van der Waals surface area contributed by atoms with Gasteiger partial charge in [-0.25, -0.2) is 9.48 Å². The number of ether oxygens (including phenoxy) is 1. The molecule has 0 fully saturated rings. The first-order chi connectivity index (χ1) is 12.3. The summed E-state index contributed by atoms with van der Waals surface area (Å²) in [4.78, 5) is 16.7. The molecule has 136 valence electrons. The van der Waals surface area contributed by atoms with Gasteiger partial charge in [-0.15, -0.1) is 0 Å². The summed E-state index contributed by atoms with van der Waals surface area (Å²) in [5.74, 6) is 0.187. The normalized spacial score (nSPS) is 11.6. The van der Waals surface area contributed by atoms with Crippen molar-refractivity contribution in [1.82, 2.24) is 19.9 Å². The van der Waals surface area contributed by atoms with Gasteiger partial charge in [-0.1, -0.05) is 55.7 Å². The van der Waals surface area contributed by atoms with Gasteiger partial charge in [0.1, 0.15) is 10.7 Å². The molecule has 1 aromatic carbocycles. The van der Waals surface area contributed by atoms with Crippen LogP contribution >= 0.6 is 11.6 Å². The summed E-state index contributed by atoms with van der Waals surface area (Å²) in [5, 5.41) is 8.42. The van der Waals surface area contributed by atoms with Crippen LogP contribution in [0.15, 0.2) is 34.9 Å². The topological polar surface area (TPSA) is 83.0 Å². The van der Waals surface area contributed by atoms with E-state index in [1.807, 2.05) is 51.1 Å². The quantitative estimate of drug-likeness (QED) is 0.644. The minimum Gasteiger partial charge on any atom is -0.452 e. The highest BCUT2D eigenvalue weighted by Crippen LogP contribution is 2.25. The molecule has 0 unspecified atom stereocenters. The van der Waals surface area contributed by atoms with Crippen LogP contribution in [0, 0.1) is 6.92 Å². The number of para-hydroxylation sites is 1. The van der Waals surface area contributed by atoms with Crippen LogP contribution in [0.3, 0.4) is 0 Å². The van der Waals surface area contributed by atoms with Crippen molar-refractivity contribution in [3.05, 3.63) is 58.5 Å². The molecule has 0 aliphatic carbocycles. The SMILES string of the molecule is Cc1nn(-c2ccccc2)c(Cl)c1C(=O)OCc1nc(C(C)(C)C)no1. The Balaban J connectivity index is 1.76. The van der Waals surface area contributed by atoms with E-state index in [4.69, 9.17) is 20.9 Å². The molecule has 0 amide bonds. The molecular weight excluding hydrogens is 356 g/mol. The Morgan fingerprint density at radius 3 is 2.58 bits per heavy atom. The zero-order chi connectivity index (χ0) is 18.9. The molecule has 3 rings (SSSR count). The molecule has 0 aliphatic heterocycles. The second-order valence-electron chi connectivity index (χ2n) is 6.84. The van der Waals surface area contributed by atoms with Gasteiger partial charge in [-0.3, -0.25) is 0 Å². The van der Waals surface area contributed by atoms with Crippen molar-refractivity contribution in [2.75, 3.05) is 0 Å². The molecule has 0 radical (unpaired) electrons. The van der Waals surface area contributed by atoms with Gasteiger partial charge in [0.25, 0.3) is 5.89 Å². The summed E-state index contributed by atoms with van der Waals surface area (Å²) in [6, 6.07) is 9.31. The minimum atomic E-state index is -0.592. The first-order valence-electron chi connectivity index (χ1n) is 8.08. The van der Waals surface area contributed by atoms with Crippen LogP contribution in [-0.2, 0) is 16.8 Å². The van der Waals surface area contributed by atoms with Gasteiger partial charge in [0.05, 0.1) is 11.4 Å². The van der Waals surface area contributed by atoms with E-state index in [0.717, 1.165) is 5.69 Å². The van der Waals surface area contributed by atoms with Gasteiger partial charge in [0, 0.05) is 5.41 Å². The molecular formula is C18H19ClN4O3. The van der Waals surface area contributed by atoms with Crippen LogP contribution < -0.4 is 0 Å². The molecule has 0 N–H and O–H groups in total. The fourth-order valence-electron chi connectivity index (χ4n) is 2.29. The van der Waals surface area contributed by atoms with Crippen LogP contribution in [0.2, 0.25) is 5.15 Å². The molecule has 3 aromatic rings. The summed E-state index contributed by atoms with van der Waals surface area (Å²) < 4.78 is 11.9. The fraction of sp³-hybridized carbons (Fsp3) is 0.333. The molecule has 2 aromatic heterocycles. The summed E-state index contributed by atoms with van der Waals surface area (Å²) in [5.41, 5.74) is 1.20. The van der Waals surface area contributed by atoms with E-state index in [1.165, 1.54) is 4.68 Å². The maximum Gasteiger partial charge on any atom is 0.343 e. The third kappa shape index (κ3) is 3.62. The van der Waals surface area contributed by atoms with Crippen molar-refractivity contribution >= 4 is 17.6 Å². The Kier molecular flexibility index (Phi) is 4.82.